The van der Waals surface area contributed by atoms with E-state index in [-0.39, 0.29) is 0 Å². The molecule has 0 amide bonds. The molecule has 0 unspecified atom stereocenters. The number of ether oxygens (including phenoxy) is 1. The first kappa shape index (κ1) is 16.4. The molecule has 1 fully saturated rings. The van der Waals surface area contributed by atoms with E-state index in [1.54, 1.807) is 11.8 Å². The van der Waals surface area contributed by atoms with E-state index in [4.69, 9.17) is 9.72 Å². The molecular weight excluding hydrogens is 306 g/mol. The van der Waals surface area contributed by atoms with E-state index in [1.165, 1.54) is 11.1 Å². The van der Waals surface area contributed by atoms with Gasteiger partial charge in [0.15, 0.2) is 5.16 Å². The van der Waals surface area contributed by atoms with Crippen LogP contribution in [0, 0.1) is 13.8 Å². The number of hydrogen-bond donors (Lipinski definition) is 0. The van der Waals surface area contributed by atoms with Gasteiger partial charge in [0.1, 0.15) is 0 Å². The first-order chi connectivity index (χ1) is 11.2. The standard InChI is InChI=1S/C18H23N3OS/c1-14-3-5-16(6-4-14)13-23-18-19-15(2)11-17(20-18)12-21-7-9-22-10-8-21/h3-6,11H,7-10,12-13H2,1-2H3. The maximum absolute atomic E-state index is 5.40. The van der Waals surface area contributed by atoms with Crippen LogP contribution in [0.15, 0.2) is 35.5 Å². The molecule has 1 aromatic heterocycles. The molecular formula is C18H23N3OS. The number of aryl methyl sites for hydroxylation is 2. The van der Waals surface area contributed by atoms with Crippen LogP contribution in [0.25, 0.3) is 0 Å². The molecule has 2 aromatic rings. The predicted molar refractivity (Wildman–Crippen MR) is 93.6 cm³/mol. The fourth-order valence-corrected chi connectivity index (χ4v) is 3.45. The largest absolute Gasteiger partial charge is 0.379 e. The highest BCUT2D eigenvalue weighted by molar-refractivity contribution is 7.98. The molecule has 2 heterocycles. The maximum atomic E-state index is 5.40. The number of nitrogens with zero attached hydrogens (tertiary/aromatic N) is 3. The SMILES string of the molecule is Cc1ccc(CSc2nc(C)cc(CN3CCOCC3)n2)cc1. The van der Waals surface area contributed by atoms with Crippen LogP contribution in [0.4, 0.5) is 0 Å². The Morgan fingerprint density at radius 1 is 1.09 bits per heavy atom. The molecule has 3 rings (SSSR count). The first-order valence-electron chi connectivity index (χ1n) is 8.02. The van der Waals surface area contributed by atoms with Gasteiger partial charge in [-0.2, -0.15) is 0 Å². The Labute approximate surface area is 142 Å². The molecule has 5 heteroatoms. The zero-order valence-electron chi connectivity index (χ0n) is 13.8. The second-order valence-electron chi connectivity index (χ2n) is 5.95. The van der Waals surface area contributed by atoms with Gasteiger partial charge in [-0.25, -0.2) is 9.97 Å². The number of morpholine rings is 1. The van der Waals surface area contributed by atoms with E-state index in [2.05, 4.69) is 47.1 Å². The summed E-state index contributed by atoms with van der Waals surface area (Å²) in [6.45, 7) is 8.63. The van der Waals surface area contributed by atoms with Crippen molar-refractivity contribution in [1.82, 2.24) is 14.9 Å². The van der Waals surface area contributed by atoms with Crippen LogP contribution in [0.2, 0.25) is 0 Å². The average Bonchev–Trinajstić information content (AvgIpc) is 2.55. The normalized spacial score (nSPS) is 15.7. The summed E-state index contributed by atoms with van der Waals surface area (Å²) in [6.07, 6.45) is 0. The molecule has 0 bridgehead atoms. The molecule has 0 radical (unpaired) electrons. The molecule has 1 aliphatic rings. The summed E-state index contributed by atoms with van der Waals surface area (Å²) in [7, 11) is 0. The van der Waals surface area contributed by atoms with Gasteiger partial charge < -0.3 is 4.74 Å². The van der Waals surface area contributed by atoms with Gasteiger partial charge >= 0.3 is 0 Å². The Morgan fingerprint density at radius 3 is 2.57 bits per heavy atom. The minimum Gasteiger partial charge on any atom is -0.379 e. The molecule has 0 atom stereocenters. The minimum atomic E-state index is 0.819. The third-order valence-corrected chi connectivity index (χ3v) is 4.78. The highest BCUT2D eigenvalue weighted by Crippen LogP contribution is 2.20. The summed E-state index contributed by atoms with van der Waals surface area (Å²) >= 11 is 1.70. The van der Waals surface area contributed by atoms with E-state index >= 15 is 0 Å². The summed E-state index contributed by atoms with van der Waals surface area (Å²) in [5.74, 6) is 0.903. The van der Waals surface area contributed by atoms with Crippen molar-refractivity contribution in [2.45, 2.75) is 31.3 Å². The van der Waals surface area contributed by atoms with Crippen LogP contribution in [0.1, 0.15) is 22.5 Å². The zero-order chi connectivity index (χ0) is 16.1. The average molecular weight is 329 g/mol. The van der Waals surface area contributed by atoms with Crippen molar-refractivity contribution in [2.75, 3.05) is 26.3 Å². The fourth-order valence-electron chi connectivity index (χ4n) is 2.57. The van der Waals surface area contributed by atoms with Gasteiger partial charge in [-0.3, -0.25) is 4.90 Å². The molecule has 0 aliphatic carbocycles. The molecule has 0 N–H and O–H groups in total. The summed E-state index contributed by atoms with van der Waals surface area (Å²) < 4.78 is 5.40. The molecule has 122 valence electrons. The number of rotatable bonds is 5. The topological polar surface area (TPSA) is 38.2 Å². The molecule has 1 aliphatic heterocycles. The van der Waals surface area contributed by atoms with E-state index in [1.807, 2.05) is 6.92 Å². The van der Waals surface area contributed by atoms with E-state index in [0.29, 0.717) is 0 Å². The highest BCUT2D eigenvalue weighted by Gasteiger charge is 2.12. The van der Waals surface area contributed by atoms with Crippen LogP contribution in [0.5, 0.6) is 0 Å². The van der Waals surface area contributed by atoms with Crippen LogP contribution in [-0.2, 0) is 17.0 Å². The number of hydrogen-bond acceptors (Lipinski definition) is 5. The Kier molecular flexibility index (Phi) is 5.65. The van der Waals surface area contributed by atoms with Crippen LogP contribution >= 0.6 is 11.8 Å². The van der Waals surface area contributed by atoms with E-state index in [9.17, 15) is 0 Å². The lowest BCUT2D eigenvalue weighted by Gasteiger charge is -2.26. The Hall–Kier alpha value is -1.43. The molecule has 1 saturated heterocycles. The van der Waals surface area contributed by atoms with E-state index in [0.717, 1.165) is 55.1 Å². The van der Waals surface area contributed by atoms with Gasteiger partial charge in [0, 0.05) is 31.1 Å². The molecule has 0 spiro atoms. The third-order valence-electron chi connectivity index (χ3n) is 3.86. The lowest BCUT2D eigenvalue weighted by molar-refractivity contribution is 0.0335. The van der Waals surface area contributed by atoms with Crippen molar-refractivity contribution in [3.8, 4) is 0 Å². The quantitative estimate of drug-likeness (QED) is 0.622. The highest BCUT2D eigenvalue weighted by atomic mass is 32.2. The Bertz CT molecular complexity index is 639. The second-order valence-corrected chi connectivity index (χ2v) is 6.89. The van der Waals surface area contributed by atoms with Crippen molar-refractivity contribution in [2.24, 2.45) is 0 Å². The van der Waals surface area contributed by atoms with Gasteiger partial charge in [-0.1, -0.05) is 41.6 Å². The van der Waals surface area contributed by atoms with Crippen molar-refractivity contribution in [3.63, 3.8) is 0 Å². The number of thioether (sulfide) groups is 1. The lowest BCUT2D eigenvalue weighted by atomic mass is 10.2. The predicted octanol–water partition coefficient (Wildman–Crippen LogP) is 3.22. The lowest BCUT2D eigenvalue weighted by Crippen LogP contribution is -2.35. The fraction of sp³-hybridized carbons (Fsp3) is 0.444. The summed E-state index contributed by atoms with van der Waals surface area (Å²) in [4.78, 5) is 11.7. The van der Waals surface area contributed by atoms with Crippen molar-refractivity contribution in [1.29, 1.82) is 0 Å². The van der Waals surface area contributed by atoms with Crippen molar-refractivity contribution >= 4 is 11.8 Å². The van der Waals surface area contributed by atoms with Crippen LogP contribution in [0.3, 0.4) is 0 Å². The minimum absolute atomic E-state index is 0.819. The van der Waals surface area contributed by atoms with Gasteiger partial charge in [0.05, 0.1) is 18.9 Å². The van der Waals surface area contributed by atoms with Gasteiger partial charge in [0.2, 0.25) is 0 Å². The zero-order valence-corrected chi connectivity index (χ0v) is 14.6. The van der Waals surface area contributed by atoms with Gasteiger partial charge in [-0.15, -0.1) is 0 Å². The van der Waals surface area contributed by atoms with Crippen molar-refractivity contribution < 1.29 is 4.74 Å². The number of benzene rings is 1. The van der Waals surface area contributed by atoms with Crippen LogP contribution in [-0.4, -0.2) is 41.2 Å². The number of aromatic nitrogens is 2. The molecule has 4 nitrogen and oxygen atoms in total. The summed E-state index contributed by atoms with van der Waals surface area (Å²) in [5.41, 5.74) is 4.74. The Morgan fingerprint density at radius 2 is 1.83 bits per heavy atom. The molecule has 0 saturated carbocycles. The van der Waals surface area contributed by atoms with Crippen LogP contribution < -0.4 is 0 Å². The van der Waals surface area contributed by atoms with E-state index < -0.39 is 0 Å². The van der Waals surface area contributed by atoms with Gasteiger partial charge in [-0.05, 0) is 25.5 Å². The first-order valence-corrected chi connectivity index (χ1v) is 9.00. The second kappa shape index (κ2) is 7.90. The smallest absolute Gasteiger partial charge is 0.188 e. The molecule has 23 heavy (non-hydrogen) atoms. The maximum Gasteiger partial charge on any atom is 0.188 e. The van der Waals surface area contributed by atoms with Crippen molar-refractivity contribution in [3.05, 3.63) is 52.8 Å². The summed E-state index contributed by atoms with van der Waals surface area (Å²) in [6, 6.07) is 10.7. The van der Waals surface area contributed by atoms with Gasteiger partial charge in [0.25, 0.3) is 0 Å². The Balaban J connectivity index is 1.63. The third kappa shape index (κ3) is 5.03. The summed E-state index contributed by atoms with van der Waals surface area (Å²) in [5, 5.41) is 0.869. The molecule has 1 aromatic carbocycles. The monoisotopic (exact) mass is 329 g/mol.